The van der Waals surface area contributed by atoms with Gasteiger partial charge in [0.15, 0.2) is 16.4 Å². The van der Waals surface area contributed by atoms with Crippen molar-refractivity contribution in [1.82, 2.24) is 8.01 Å². The van der Waals surface area contributed by atoms with Crippen LogP contribution in [0.15, 0.2) is 48.5 Å². The lowest BCUT2D eigenvalue weighted by atomic mass is 9.79. The van der Waals surface area contributed by atoms with Gasteiger partial charge in [-0.05, 0) is 36.4 Å². The molecule has 3 atom stereocenters. The summed E-state index contributed by atoms with van der Waals surface area (Å²) < 4.78 is 12.2. The first-order valence-electron chi connectivity index (χ1n) is 10.2. The molecule has 0 aliphatic carbocycles. The molecule has 2 aromatic carbocycles. The largest absolute Gasteiger partial charge is 0.454 e. The van der Waals surface area contributed by atoms with Gasteiger partial charge in [0.05, 0.1) is 40.4 Å². The molecule has 3 aliphatic heterocycles. The van der Waals surface area contributed by atoms with Crippen molar-refractivity contribution in [1.29, 1.82) is 5.26 Å². The fourth-order valence-corrected chi connectivity index (χ4v) is 7.06. The summed E-state index contributed by atoms with van der Waals surface area (Å²) in [5.41, 5.74) is -0.0426. The van der Waals surface area contributed by atoms with Gasteiger partial charge in [-0.2, -0.15) is 5.26 Å². The van der Waals surface area contributed by atoms with E-state index in [0.717, 1.165) is 11.8 Å². The second-order valence-electron chi connectivity index (χ2n) is 8.35. The Hall–Kier alpha value is -2.78. The number of nitriles is 1. The molecule has 2 saturated heterocycles. The predicted octanol–water partition coefficient (Wildman–Crippen LogP) is 3.68. The Morgan fingerprint density at radius 1 is 1.18 bits per heavy atom. The van der Waals surface area contributed by atoms with Gasteiger partial charge in [-0.3, -0.25) is 17.5 Å². The van der Waals surface area contributed by atoms with E-state index in [2.05, 4.69) is 6.07 Å². The van der Waals surface area contributed by atoms with Crippen molar-refractivity contribution in [2.45, 2.75) is 24.3 Å². The van der Waals surface area contributed by atoms with Gasteiger partial charge < -0.3 is 14.4 Å². The summed E-state index contributed by atoms with van der Waals surface area (Å²) in [5.74, 6) is 0.403. The molecule has 5 rings (SSSR count). The van der Waals surface area contributed by atoms with Crippen LogP contribution in [0.5, 0.6) is 11.5 Å². The van der Waals surface area contributed by atoms with Crippen molar-refractivity contribution in [2.24, 2.45) is 5.41 Å². The first-order chi connectivity index (χ1) is 15.8. The van der Waals surface area contributed by atoms with Crippen LogP contribution in [0.4, 0.5) is 0 Å². The van der Waals surface area contributed by atoms with Crippen LogP contribution in [-0.2, 0) is 9.59 Å². The second-order valence-corrected chi connectivity index (χ2v) is 10.8. The summed E-state index contributed by atoms with van der Waals surface area (Å²) in [4.78, 5) is 40.2. The number of rotatable bonds is 3. The average molecular weight is 575 g/mol. The molecular formula is C23H18IN3O5S. The number of hydrogen-bond acceptors (Lipinski definition) is 7. The van der Waals surface area contributed by atoms with Gasteiger partial charge in [-0.1, -0.05) is 36.4 Å². The van der Waals surface area contributed by atoms with Gasteiger partial charge in [-0.25, -0.2) is 0 Å². The monoisotopic (exact) mass is 575 g/mol. The zero-order valence-electron chi connectivity index (χ0n) is 17.5. The molecule has 33 heavy (non-hydrogen) atoms. The van der Waals surface area contributed by atoms with Crippen molar-refractivity contribution in [3.05, 3.63) is 59.7 Å². The Labute approximate surface area is 208 Å². The van der Waals surface area contributed by atoms with E-state index in [9.17, 15) is 19.6 Å². The highest BCUT2D eigenvalue weighted by atomic mass is 127. The Morgan fingerprint density at radius 2 is 1.91 bits per heavy atom. The smallest absolute Gasteiger partial charge is 0.268 e. The fourth-order valence-electron chi connectivity index (χ4n) is 4.77. The van der Waals surface area contributed by atoms with E-state index in [1.165, 1.54) is 8.01 Å². The Bertz CT molecular complexity index is 1220. The van der Waals surface area contributed by atoms with E-state index < -0.39 is 16.3 Å². The highest BCUT2D eigenvalue weighted by Crippen LogP contribution is 2.61. The Balaban J connectivity index is 1.64. The highest BCUT2D eigenvalue weighted by molar-refractivity contribution is 14.1. The molecule has 168 valence electrons. The molecule has 2 amide bonds. The van der Waals surface area contributed by atoms with Crippen molar-refractivity contribution >= 4 is 51.6 Å². The second kappa shape index (κ2) is 7.92. The molecule has 0 saturated carbocycles. The first kappa shape index (κ1) is 22.0. The van der Waals surface area contributed by atoms with Gasteiger partial charge >= 0.3 is 0 Å². The minimum Gasteiger partial charge on any atom is -0.454 e. The van der Waals surface area contributed by atoms with Gasteiger partial charge in [0.1, 0.15) is 6.54 Å². The van der Waals surface area contributed by atoms with Crippen LogP contribution in [0.25, 0.3) is 0 Å². The summed E-state index contributed by atoms with van der Waals surface area (Å²) in [6.07, 6.45) is 0.0168. The zero-order valence-corrected chi connectivity index (χ0v) is 20.5. The normalized spacial score (nSPS) is 28.0. The van der Waals surface area contributed by atoms with Crippen LogP contribution in [0.1, 0.15) is 35.3 Å². The van der Waals surface area contributed by atoms with Gasteiger partial charge in [0, 0.05) is 12.0 Å². The van der Waals surface area contributed by atoms with Gasteiger partial charge in [-0.15, -0.1) is 0 Å². The summed E-state index contributed by atoms with van der Waals surface area (Å²) in [6, 6.07) is 15.5. The Morgan fingerprint density at radius 3 is 2.64 bits per heavy atom. The molecule has 0 spiro atoms. The van der Waals surface area contributed by atoms with E-state index >= 15 is 0 Å². The van der Waals surface area contributed by atoms with E-state index in [0.29, 0.717) is 22.6 Å². The van der Waals surface area contributed by atoms with Crippen molar-refractivity contribution in [3.63, 3.8) is 0 Å². The molecular weight excluding hydrogens is 557 g/mol. The van der Waals surface area contributed by atoms with Crippen LogP contribution in [0, 0.1) is 16.7 Å². The summed E-state index contributed by atoms with van der Waals surface area (Å²) in [5, 5.41) is 9.90. The average Bonchev–Trinajstić information content (AvgIpc) is 3.39. The maximum Gasteiger partial charge on any atom is 0.268 e. The van der Waals surface area contributed by atoms with Gasteiger partial charge in [0.25, 0.3) is 5.91 Å². The third kappa shape index (κ3) is 3.36. The number of piperazine rings is 1. The molecule has 0 bridgehead atoms. The number of carbonyl (C=O) groups is 3. The van der Waals surface area contributed by atoms with Crippen LogP contribution < -0.4 is 9.47 Å². The lowest BCUT2D eigenvalue weighted by Gasteiger charge is -2.44. The number of fused-ring (bicyclic) bond motifs is 2. The van der Waals surface area contributed by atoms with Crippen molar-refractivity contribution in [2.75, 3.05) is 13.3 Å². The maximum atomic E-state index is 13.6. The number of ether oxygens (including phenoxy) is 2. The van der Waals surface area contributed by atoms with E-state index in [4.69, 9.17) is 9.47 Å². The lowest BCUT2D eigenvalue weighted by Crippen LogP contribution is -2.62. The molecule has 0 N–H and O–H groups in total. The number of amides is 2. The zero-order chi connectivity index (χ0) is 23.4. The number of hydrogen-bond donors (Lipinski definition) is 0. The number of nitrogens with zero attached hydrogens (tertiary/aromatic N) is 3. The molecule has 8 nitrogen and oxygen atoms in total. The SMILES string of the molecule is C[C@]1(C#N)CC2(SC(=O)c3ccccc3)C(=O)N(I)CC(=O)N2C1c1ccc2c(c1)OCO2. The third-order valence-electron chi connectivity index (χ3n) is 6.19. The molecule has 2 fully saturated rings. The molecule has 3 aliphatic rings. The molecule has 10 heteroatoms. The minimum atomic E-state index is -1.53. The van der Waals surface area contributed by atoms with Crippen LogP contribution in [0.2, 0.25) is 0 Å². The Kier molecular flexibility index (Phi) is 5.29. The molecule has 2 aromatic rings. The molecule has 0 aromatic heterocycles. The number of halogens is 1. The predicted molar refractivity (Wildman–Crippen MR) is 127 cm³/mol. The lowest BCUT2D eigenvalue weighted by molar-refractivity contribution is -0.151. The van der Waals surface area contributed by atoms with Crippen molar-refractivity contribution < 1.29 is 23.9 Å². The quantitative estimate of drug-likeness (QED) is 0.407. The summed E-state index contributed by atoms with van der Waals surface area (Å²) >= 11 is 2.62. The van der Waals surface area contributed by atoms with E-state index in [1.807, 2.05) is 22.9 Å². The van der Waals surface area contributed by atoms with E-state index in [1.54, 1.807) is 55.5 Å². The van der Waals surface area contributed by atoms with Crippen LogP contribution in [0.3, 0.4) is 0 Å². The number of thioether (sulfide) groups is 1. The first-order valence-corrected chi connectivity index (χ1v) is 12.0. The van der Waals surface area contributed by atoms with Crippen LogP contribution >= 0.6 is 34.6 Å². The third-order valence-corrected chi connectivity index (χ3v) is 8.25. The fraction of sp³-hybridized carbons (Fsp3) is 0.304. The number of benzene rings is 2. The number of carbonyl (C=O) groups excluding carboxylic acids is 3. The molecule has 0 radical (unpaired) electrons. The summed E-state index contributed by atoms with van der Waals surface area (Å²) in [6.45, 7) is 1.69. The molecule has 2 unspecified atom stereocenters. The van der Waals surface area contributed by atoms with E-state index in [-0.39, 0.29) is 36.7 Å². The minimum absolute atomic E-state index is 0.0168. The standard InChI is InChI=1S/C23H18IN3O5S/c1-22(12-25)11-23(33-20(29)14-5-3-2-4-6-14)21(30)26(24)10-18(28)27(23)19(22)15-7-8-16-17(9-15)32-13-31-16/h2-9,19H,10-11,13H2,1H3/t19?,22-,23?/m1/s1. The highest BCUT2D eigenvalue weighted by Gasteiger charge is 2.67. The van der Waals surface area contributed by atoms with Gasteiger partial charge in [0.2, 0.25) is 17.8 Å². The van der Waals surface area contributed by atoms with Crippen molar-refractivity contribution in [3.8, 4) is 17.6 Å². The summed E-state index contributed by atoms with van der Waals surface area (Å²) in [7, 11) is 0. The maximum absolute atomic E-state index is 13.6. The van der Waals surface area contributed by atoms with Crippen LogP contribution in [-0.4, -0.2) is 43.2 Å². The topological polar surface area (TPSA) is 99.9 Å². The molecule has 3 heterocycles.